The van der Waals surface area contributed by atoms with Crippen LogP contribution in [0.4, 0.5) is 11.4 Å². The van der Waals surface area contributed by atoms with Crippen LogP contribution in [0.5, 0.6) is 0 Å². The number of para-hydroxylation sites is 2. The number of hydrogen-bond acceptors (Lipinski definition) is 2. The van der Waals surface area contributed by atoms with Gasteiger partial charge in [-0.15, -0.1) is 0 Å². The molecule has 1 aliphatic heterocycles. The Bertz CT molecular complexity index is 544. The number of hydrogen-bond donors (Lipinski definition) is 0. The van der Waals surface area contributed by atoms with Crippen LogP contribution in [0.2, 0.25) is 0 Å². The SMILES string of the molecule is CCCCCCCCCN1C(=O)C(C)CN(C=O)c2ccccc21. The van der Waals surface area contributed by atoms with Gasteiger partial charge in [0.2, 0.25) is 12.3 Å². The van der Waals surface area contributed by atoms with E-state index in [0.29, 0.717) is 6.54 Å². The molecule has 0 spiro atoms. The lowest BCUT2D eigenvalue weighted by molar-refractivity contribution is -0.121. The highest BCUT2D eigenvalue weighted by Crippen LogP contribution is 2.33. The maximum atomic E-state index is 12.8. The number of anilines is 2. The molecule has 0 N–H and O–H groups in total. The van der Waals surface area contributed by atoms with Crippen LogP contribution in [0.25, 0.3) is 0 Å². The number of nitrogens with zero attached hydrogens (tertiary/aromatic N) is 2. The van der Waals surface area contributed by atoms with E-state index in [1.807, 2.05) is 36.1 Å². The molecule has 2 amide bonds. The Morgan fingerprint density at radius 2 is 1.67 bits per heavy atom. The van der Waals surface area contributed by atoms with Crippen LogP contribution in [-0.4, -0.2) is 25.4 Å². The standard InChI is InChI=1S/C20H30N2O2/c1-3-4-5-6-7-8-11-14-22-19-13-10-9-12-18(19)21(16-23)15-17(2)20(22)24/h9-10,12-13,16-17H,3-8,11,14-15H2,1-2H3. The van der Waals surface area contributed by atoms with E-state index < -0.39 is 0 Å². The highest BCUT2D eigenvalue weighted by atomic mass is 16.2. The van der Waals surface area contributed by atoms with Crippen LogP contribution in [0.3, 0.4) is 0 Å². The van der Waals surface area contributed by atoms with Crippen LogP contribution in [0, 0.1) is 5.92 Å². The Labute approximate surface area is 145 Å². The van der Waals surface area contributed by atoms with Crippen molar-refractivity contribution < 1.29 is 9.59 Å². The lowest BCUT2D eigenvalue weighted by Crippen LogP contribution is -2.37. The third-order valence-corrected chi connectivity index (χ3v) is 4.75. The summed E-state index contributed by atoms with van der Waals surface area (Å²) in [5, 5.41) is 0. The van der Waals surface area contributed by atoms with Gasteiger partial charge in [-0.1, -0.05) is 64.5 Å². The number of unbranched alkanes of at least 4 members (excludes halogenated alkanes) is 6. The summed E-state index contributed by atoms with van der Waals surface area (Å²) >= 11 is 0. The molecule has 2 rings (SSSR count). The minimum atomic E-state index is -0.174. The third-order valence-electron chi connectivity index (χ3n) is 4.75. The smallest absolute Gasteiger partial charge is 0.231 e. The minimum absolute atomic E-state index is 0.123. The summed E-state index contributed by atoms with van der Waals surface area (Å²) < 4.78 is 0. The summed E-state index contributed by atoms with van der Waals surface area (Å²) in [5.74, 6) is -0.0510. The van der Waals surface area contributed by atoms with Gasteiger partial charge in [-0.3, -0.25) is 9.59 Å². The van der Waals surface area contributed by atoms with E-state index >= 15 is 0 Å². The zero-order valence-corrected chi connectivity index (χ0v) is 15.0. The third kappa shape index (κ3) is 4.59. The summed E-state index contributed by atoms with van der Waals surface area (Å²) in [6.07, 6.45) is 9.42. The molecule has 4 nitrogen and oxygen atoms in total. The van der Waals surface area contributed by atoms with Gasteiger partial charge in [0.1, 0.15) is 0 Å². The lowest BCUT2D eigenvalue weighted by atomic mass is 10.1. The summed E-state index contributed by atoms with van der Waals surface area (Å²) in [6.45, 7) is 5.32. The quantitative estimate of drug-likeness (QED) is 0.498. The fraction of sp³-hybridized carbons (Fsp3) is 0.600. The summed E-state index contributed by atoms with van der Waals surface area (Å²) in [6, 6.07) is 7.72. The van der Waals surface area contributed by atoms with Crippen LogP contribution in [-0.2, 0) is 9.59 Å². The molecular weight excluding hydrogens is 300 g/mol. The van der Waals surface area contributed by atoms with Crippen LogP contribution in [0.15, 0.2) is 24.3 Å². The van der Waals surface area contributed by atoms with E-state index in [9.17, 15) is 9.59 Å². The molecule has 0 bridgehead atoms. The largest absolute Gasteiger partial charge is 0.312 e. The Morgan fingerprint density at radius 3 is 2.33 bits per heavy atom. The molecule has 1 aromatic rings. The first kappa shape index (κ1) is 18.5. The van der Waals surface area contributed by atoms with Gasteiger partial charge in [0, 0.05) is 13.1 Å². The highest BCUT2D eigenvalue weighted by Gasteiger charge is 2.30. The van der Waals surface area contributed by atoms with Crippen molar-refractivity contribution in [1.82, 2.24) is 0 Å². The first-order valence-electron chi connectivity index (χ1n) is 9.31. The second-order valence-corrected chi connectivity index (χ2v) is 6.76. The number of fused-ring (bicyclic) bond motifs is 1. The molecule has 24 heavy (non-hydrogen) atoms. The van der Waals surface area contributed by atoms with Gasteiger partial charge in [-0.2, -0.15) is 0 Å². The fourth-order valence-electron chi connectivity index (χ4n) is 3.35. The number of benzene rings is 1. The van der Waals surface area contributed by atoms with Gasteiger partial charge in [0.15, 0.2) is 0 Å². The first-order chi connectivity index (χ1) is 11.7. The number of rotatable bonds is 9. The van der Waals surface area contributed by atoms with Crippen LogP contribution >= 0.6 is 0 Å². The van der Waals surface area contributed by atoms with Crippen molar-refractivity contribution in [2.45, 2.75) is 58.8 Å². The van der Waals surface area contributed by atoms with Gasteiger partial charge in [0.25, 0.3) is 0 Å². The van der Waals surface area contributed by atoms with Crippen molar-refractivity contribution in [1.29, 1.82) is 0 Å². The second-order valence-electron chi connectivity index (χ2n) is 6.76. The molecule has 1 aromatic carbocycles. The molecule has 1 aliphatic rings. The van der Waals surface area contributed by atoms with Crippen molar-refractivity contribution in [3.63, 3.8) is 0 Å². The van der Waals surface area contributed by atoms with Crippen molar-refractivity contribution in [3.05, 3.63) is 24.3 Å². The van der Waals surface area contributed by atoms with E-state index in [0.717, 1.165) is 37.2 Å². The van der Waals surface area contributed by atoms with Gasteiger partial charge in [-0.25, -0.2) is 0 Å². The van der Waals surface area contributed by atoms with Gasteiger partial charge in [0.05, 0.1) is 17.3 Å². The van der Waals surface area contributed by atoms with E-state index in [-0.39, 0.29) is 11.8 Å². The molecule has 0 fully saturated rings. The zero-order valence-electron chi connectivity index (χ0n) is 15.0. The van der Waals surface area contributed by atoms with E-state index in [1.165, 1.54) is 32.1 Å². The topological polar surface area (TPSA) is 40.6 Å². The van der Waals surface area contributed by atoms with Crippen molar-refractivity contribution in [2.75, 3.05) is 22.9 Å². The maximum absolute atomic E-state index is 12.8. The molecule has 0 radical (unpaired) electrons. The van der Waals surface area contributed by atoms with Crippen molar-refractivity contribution in [2.24, 2.45) is 5.92 Å². The molecule has 1 unspecified atom stereocenters. The van der Waals surface area contributed by atoms with Gasteiger partial charge < -0.3 is 9.80 Å². The maximum Gasteiger partial charge on any atom is 0.231 e. The molecule has 0 aliphatic carbocycles. The average molecular weight is 330 g/mol. The van der Waals surface area contributed by atoms with Gasteiger partial charge >= 0.3 is 0 Å². The molecule has 132 valence electrons. The Balaban J connectivity index is 2.01. The monoisotopic (exact) mass is 330 g/mol. The first-order valence-corrected chi connectivity index (χ1v) is 9.31. The molecular formula is C20H30N2O2. The molecule has 1 heterocycles. The minimum Gasteiger partial charge on any atom is -0.312 e. The Kier molecular flexibility index (Phi) is 7.29. The predicted molar refractivity (Wildman–Crippen MR) is 99.4 cm³/mol. The number of carbonyl (C=O) groups excluding carboxylic acids is 2. The summed E-state index contributed by atoms with van der Waals surface area (Å²) in [7, 11) is 0. The Morgan fingerprint density at radius 1 is 1.04 bits per heavy atom. The van der Waals surface area contributed by atoms with Crippen LogP contribution in [0.1, 0.15) is 58.8 Å². The zero-order chi connectivity index (χ0) is 17.4. The number of carbonyl (C=O) groups is 2. The van der Waals surface area contributed by atoms with Crippen LogP contribution < -0.4 is 9.80 Å². The molecule has 4 heteroatoms. The van der Waals surface area contributed by atoms with E-state index in [2.05, 4.69) is 6.92 Å². The fourth-order valence-corrected chi connectivity index (χ4v) is 3.35. The van der Waals surface area contributed by atoms with E-state index in [1.54, 1.807) is 4.90 Å². The summed E-state index contributed by atoms with van der Waals surface area (Å²) in [5.41, 5.74) is 1.71. The molecule has 1 atom stereocenters. The molecule has 0 aromatic heterocycles. The van der Waals surface area contributed by atoms with Crippen molar-refractivity contribution >= 4 is 23.7 Å². The average Bonchev–Trinajstić information content (AvgIpc) is 2.70. The number of amides is 2. The molecule has 0 saturated heterocycles. The van der Waals surface area contributed by atoms with Crippen molar-refractivity contribution in [3.8, 4) is 0 Å². The highest BCUT2D eigenvalue weighted by molar-refractivity contribution is 6.02. The summed E-state index contributed by atoms with van der Waals surface area (Å²) in [4.78, 5) is 27.7. The lowest BCUT2D eigenvalue weighted by Gasteiger charge is -2.24. The van der Waals surface area contributed by atoms with Gasteiger partial charge in [-0.05, 0) is 18.6 Å². The van der Waals surface area contributed by atoms with E-state index in [4.69, 9.17) is 0 Å². The second kappa shape index (κ2) is 9.45. The Hall–Kier alpha value is -1.84. The normalized spacial score (nSPS) is 17.6. The molecule has 0 saturated carbocycles. The predicted octanol–water partition coefficient (Wildman–Crippen LogP) is 4.38.